The Morgan fingerprint density at radius 3 is 2.71 bits per heavy atom. The van der Waals surface area contributed by atoms with E-state index >= 15 is 0 Å². The summed E-state index contributed by atoms with van der Waals surface area (Å²) >= 11 is 1.74. The lowest BCUT2D eigenvalue weighted by Crippen LogP contribution is -2.49. The molecule has 6 heteroatoms. The molecule has 1 amide bonds. The number of thiazole rings is 1. The zero-order chi connectivity index (χ0) is 20.1. The van der Waals surface area contributed by atoms with E-state index in [1.807, 2.05) is 0 Å². The molecule has 5 nitrogen and oxygen atoms in total. The Hall–Kier alpha value is -1.95. The van der Waals surface area contributed by atoms with Gasteiger partial charge in [-0.2, -0.15) is 0 Å². The molecule has 1 fully saturated rings. The minimum absolute atomic E-state index is 0.0763. The van der Waals surface area contributed by atoms with Crippen LogP contribution >= 0.6 is 11.3 Å². The summed E-state index contributed by atoms with van der Waals surface area (Å²) in [5, 5.41) is 13.7. The Labute approximate surface area is 170 Å². The molecule has 1 aliphatic rings. The summed E-state index contributed by atoms with van der Waals surface area (Å²) in [6.45, 7) is 4.38. The number of carboxylic acid groups (broad SMARTS) is 1. The fourth-order valence-electron chi connectivity index (χ4n) is 4.27. The van der Waals surface area contributed by atoms with Gasteiger partial charge in [-0.1, -0.05) is 39.2 Å². The molecule has 1 saturated carbocycles. The zero-order valence-corrected chi connectivity index (χ0v) is 17.6. The standard InChI is InChI=1S/C22H30N2O3S/c1-3-19-24-17-10-9-16(14-18(17)28-19)8-7-13-23-21(27)22(15(2)20(25)26)11-5-4-6-12-22/h9-10,14-15H,3-8,11-13H2,1-2H3,(H,23,27)(H,25,26). The molecular formula is C22H30N2O3S. The normalized spacial score (nSPS) is 17.4. The van der Waals surface area contributed by atoms with Gasteiger partial charge in [-0.3, -0.25) is 9.59 Å². The summed E-state index contributed by atoms with van der Waals surface area (Å²) in [5.74, 6) is -1.59. The van der Waals surface area contributed by atoms with E-state index in [2.05, 4.69) is 35.4 Å². The van der Waals surface area contributed by atoms with Crippen molar-refractivity contribution in [3.63, 3.8) is 0 Å². The SMILES string of the molecule is CCc1nc2ccc(CCCNC(=O)C3(C(C)C(=O)O)CCCCC3)cc2s1. The quantitative estimate of drug-likeness (QED) is 0.634. The number of fused-ring (bicyclic) bond motifs is 1. The van der Waals surface area contributed by atoms with Gasteiger partial charge >= 0.3 is 5.97 Å². The van der Waals surface area contributed by atoms with E-state index < -0.39 is 17.3 Å². The maximum atomic E-state index is 12.9. The lowest BCUT2D eigenvalue weighted by molar-refractivity contribution is -0.154. The summed E-state index contributed by atoms with van der Waals surface area (Å²) < 4.78 is 1.22. The highest BCUT2D eigenvalue weighted by molar-refractivity contribution is 7.18. The zero-order valence-electron chi connectivity index (χ0n) is 16.8. The van der Waals surface area contributed by atoms with Crippen LogP contribution in [-0.2, 0) is 22.4 Å². The number of amides is 1. The summed E-state index contributed by atoms with van der Waals surface area (Å²) in [7, 11) is 0. The fraction of sp³-hybridized carbons (Fsp3) is 0.591. The number of carbonyl (C=O) groups is 2. The van der Waals surface area contributed by atoms with E-state index in [1.54, 1.807) is 18.3 Å². The van der Waals surface area contributed by atoms with Gasteiger partial charge in [0.15, 0.2) is 0 Å². The van der Waals surface area contributed by atoms with Gasteiger partial charge in [-0.15, -0.1) is 11.3 Å². The van der Waals surface area contributed by atoms with Gasteiger partial charge in [0.2, 0.25) is 5.91 Å². The number of nitrogens with one attached hydrogen (secondary N) is 1. The predicted octanol–water partition coefficient (Wildman–Crippen LogP) is 4.58. The second-order valence-electron chi connectivity index (χ2n) is 7.90. The van der Waals surface area contributed by atoms with Gasteiger partial charge in [-0.05, 0) is 49.8 Å². The largest absolute Gasteiger partial charge is 0.481 e. The van der Waals surface area contributed by atoms with Crippen LogP contribution in [0.5, 0.6) is 0 Å². The van der Waals surface area contributed by atoms with Crippen LogP contribution in [0.15, 0.2) is 18.2 Å². The van der Waals surface area contributed by atoms with Crippen LogP contribution < -0.4 is 5.32 Å². The minimum atomic E-state index is -0.874. The molecule has 2 aromatic rings. The maximum absolute atomic E-state index is 12.9. The van der Waals surface area contributed by atoms with Crippen LogP contribution in [-0.4, -0.2) is 28.5 Å². The van der Waals surface area contributed by atoms with Crippen molar-refractivity contribution in [1.29, 1.82) is 0 Å². The van der Waals surface area contributed by atoms with Crippen LogP contribution in [0.1, 0.15) is 62.9 Å². The first-order valence-corrected chi connectivity index (χ1v) is 11.2. The molecule has 1 unspecified atom stereocenters. The summed E-state index contributed by atoms with van der Waals surface area (Å²) in [6.07, 6.45) is 6.98. The topological polar surface area (TPSA) is 79.3 Å². The summed E-state index contributed by atoms with van der Waals surface area (Å²) in [5.41, 5.74) is 1.56. The van der Waals surface area contributed by atoms with Crippen molar-refractivity contribution in [2.45, 2.75) is 65.2 Å². The predicted molar refractivity (Wildman–Crippen MR) is 113 cm³/mol. The van der Waals surface area contributed by atoms with Gasteiger partial charge < -0.3 is 10.4 Å². The molecule has 152 valence electrons. The third-order valence-electron chi connectivity index (χ3n) is 6.12. The number of carboxylic acids is 1. The molecule has 1 heterocycles. The van der Waals surface area contributed by atoms with Gasteiger partial charge in [0.05, 0.1) is 26.6 Å². The Balaban J connectivity index is 1.56. The first-order valence-electron chi connectivity index (χ1n) is 10.4. The Kier molecular flexibility index (Phi) is 6.70. The number of benzene rings is 1. The third kappa shape index (κ3) is 4.37. The lowest BCUT2D eigenvalue weighted by atomic mass is 9.65. The molecule has 0 bridgehead atoms. The number of aryl methyl sites for hydroxylation is 2. The monoisotopic (exact) mass is 402 g/mol. The highest BCUT2D eigenvalue weighted by Crippen LogP contribution is 2.43. The van der Waals surface area contributed by atoms with E-state index in [-0.39, 0.29) is 5.91 Å². The molecule has 0 spiro atoms. The average Bonchev–Trinajstić information content (AvgIpc) is 3.13. The molecule has 1 atom stereocenters. The molecule has 1 aromatic heterocycles. The molecule has 2 N–H and O–H groups in total. The van der Waals surface area contributed by atoms with Crippen molar-refractivity contribution in [2.24, 2.45) is 11.3 Å². The van der Waals surface area contributed by atoms with Crippen molar-refractivity contribution in [3.8, 4) is 0 Å². The van der Waals surface area contributed by atoms with Crippen LogP contribution in [0.2, 0.25) is 0 Å². The van der Waals surface area contributed by atoms with E-state index in [1.165, 1.54) is 10.3 Å². The minimum Gasteiger partial charge on any atom is -0.481 e. The molecule has 0 aliphatic heterocycles. The highest BCUT2D eigenvalue weighted by Gasteiger charge is 2.47. The molecule has 28 heavy (non-hydrogen) atoms. The van der Waals surface area contributed by atoms with Crippen molar-refractivity contribution in [3.05, 3.63) is 28.8 Å². The van der Waals surface area contributed by atoms with Gasteiger partial charge in [-0.25, -0.2) is 4.98 Å². The van der Waals surface area contributed by atoms with Crippen molar-refractivity contribution in [1.82, 2.24) is 10.3 Å². The van der Waals surface area contributed by atoms with E-state index in [0.29, 0.717) is 19.4 Å². The van der Waals surface area contributed by atoms with Crippen LogP contribution in [0.25, 0.3) is 10.2 Å². The van der Waals surface area contributed by atoms with Gasteiger partial charge in [0.25, 0.3) is 0 Å². The average molecular weight is 403 g/mol. The number of aromatic nitrogens is 1. The molecule has 0 saturated heterocycles. The number of carbonyl (C=O) groups excluding carboxylic acids is 1. The summed E-state index contributed by atoms with van der Waals surface area (Å²) in [4.78, 5) is 29.1. The maximum Gasteiger partial charge on any atom is 0.307 e. The third-order valence-corrected chi connectivity index (χ3v) is 7.29. The van der Waals surface area contributed by atoms with Crippen LogP contribution in [0, 0.1) is 11.3 Å². The fourth-order valence-corrected chi connectivity index (χ4v) is 5.24. The Morgan fingerprint density at radius 2 is 2.04 bits per heavy atom. The second kappa shape index (κ2) is 9.03. The number of nitrogens with zero attached hydrogens (tertiary/aromatic N) is 1. The number of hydrogen-bond acceptors (Lipinski definition) is 4. The van der Waals surface area contributed by atoms with Gasteiger partial charge in [0.1, 0.15) is 0 Å². The van der Waals surface area contributed by atoms with Crippen molar-refractivity contribution in [2.75, 3.05) is 6.54 Å². The smallest absolute Gasteiger partial charge is 0.307 e. The van der Waals surface area contributed by atoms with Crippen molar-refractivity contribution >= 4 is 33.4 Å². The molecule has 1 aromatic carbocycles. The van der Waals surface area contributed by atoms with E-state index in [0.717, 1.165) is 49.0 Å². The van der Waals surface area contributed by atoms with Crippen LogP contribution in [0.4, 0.5) is 0 Å². The molecule has 0 radical (unpaired) electrons. The highest BCUT2D eigenvalue weighted by atomic mass is 32.1. The van der Waals surface area contributed by atoms with Crippen molar-refractivity contribution < 1.29 is 14.7 Å². The Morgan fingerprint density at radius 1 is 1.29 bits per heavy atom. The first kappa shape index (κ1) is 20.8. The Bertz CT molecular complexity index is 839. The van der Waals surface area contributed by atoms with Gasteiger partial charge in [0, 0.05) is 6.54 Å². The lowest BCUT2D eigenvalue weighted by Gasteiger charge is -2.38. The molecular weight excluding hydrogens is 372 g/mol. The molecule has 1 aliphatic carbocycles. The first-order chi connectivity index (χ1) is 13.5. The van der Waals surface area contributed by atoms with E-state index in [9.17, 15) is 14.7 Å². The second-order valence-corrected chi connectivity index (χ2v) is 9.01. The van der Waals surface area contributed by atoms with E-state index in [4.69, 9.17) is 0 Å². The number of rotatable bonds is 8. The number of hydrogen-bond donors (Lipinski definition) is 2. The summed E-state index contributed by atoms with van der Waals surface area (Å²) in [6, 6.07) is 6.38. The van der Waals surface area contributed by atoms with Crippen LogP contribution in [0.3, 0.4) is 0 Å². The molecule has 3 rings (SSSR count). The number of aliphatic carboxylic acids is 1.